The quantitative estimate of drug-likeness (QED) is 0.859. The Kier molecular flexibility index (Phi) is 3.49. The molecule has 134 valence electrons. The number of piperidine rings is 1. The number of nitrogens with zero attached hydrogens (tertiary/aromatic N) is 3. The Hall–Kier alpha value is -2.24. The van der Waals surface area contributed by atoms with E-state index in [4.69, 9.17) is 4.74 Å². The molecule has 3 heterocycles. The fourth-order valence-electron chi connectivity index (χ4n) is 4.54. The van der Waals surface area contributed by atoms with Gasteiger partial charge in [-0.3, -0.25) is 4.57 Å². The molecule has 0 saturated carbocycles. The SMILES string of the molecule is CC(C)(C)C1(C2Cn3c(nc4ccccc43)O2)CCCN(C(=O)O)C1. The van der Waals surface area contributed by atoms with E-state index in [0.29, 0.717) is 19.1 Å². The van der Waals surface area contributed by atoms with Gasteiger partial charge in [0.2, 0.25) is 0 Å². The van der Waals surface area contributed by atoms with E-state index in [1.165, 1.54) is 0 Å². The second-order valence-corrected chi connectivity index (χ2v) is 8.31. The molecule has 1 aromatic heterocycles. The number of para-hydroxylation sites is 2. The standard InChI is InChI=1S/C19H25N3O3/c1-18(2,3)19(9-6-10-21(12-19)17(23)24)15-11-22-14-8-5-4-7-13(14)20-16(22)25-15/h4-5,7-8,15H,6,9-12H2,1-3H3,(H,23,24). The molecule has 1 saturated heterocycles. The number of ether oxygens (including phenoxy) is 1. The Bertz CT molecular complexity index is 823. The molecule has 0 spiro atoms. The lowest BCUT2D eigenvalue weighted by molar-refractivity contribution is -0.0773. The summed E-state index contributed by atoms with van der Waals surface area (Å²) in [5, 5.41) is 9.52. The van der Waals surface area contributed by atoms with Crippen LogP contribution in [0, 0.1) is 10.8 Å². The van der Waals surface area contributed by atoms with Crippen molar-refractivity contribution in [3.63, 3.8) is 0 Å². The lowest BCUT2D eigenvalue weighted by Gasteiger charge is -2.52. The van der Waals surface area contributed by atoms with Gasteiger partial charge in [0.15, 0.2) is 0 Å². The van der Waals surface area contributed by atoms with E-state index in [-0.39, 0.29) is 16.9 Å². The fourth-order valence-corrected chi connectivity index (χ4v) is 4.54. The molecule has 1 aromatic carbocycles. The van der Waals surface area contributed by atoms with E-state index in [2.05, 4.69) is 36.4 Å². The summed E-state index contributed by atoms with van der Waals surface area (Å²) in [6, 6.07) is 8.70. The van der Waals surface area contributed by atoms with Crippen molar-refractivity contribution in [2.75, 3.05) is 13.1 Å². The van der Waals surface area contributed by atoms with E-state index < -0.39 is 6.09 Å². The molecule has 0 aliphatic carbocycles. The summed E-state index contributed by atoms with van der Waals surface area (Å²) in [7, 11) is 0. The summed E-state index contributed by atoms with van der Waals surface area (Å²) in [5.74, 6) is 0. The molecule has 0 bridgehead atoms. The molecule has 2 aliphatic heterocycles. The Balaban J connectivity index is 1.71. The number of fused-ring (bicyclic) bond motifs is 3. The van der Waals surface area contributed by atoms with Gasteiger partial charge >= 0.3 is 6.09 Å². The van der Waals surface area contributed by atoms with Crippen molar-refractivity contribution >= 4 is 17.1 Å². The predicted octanol–water partition coefficient (Wildman–Crippen LogP) is 3.60. The van der Waals surface area contributed by atoms with Gasteiger partial charge in [0, 0.05) is 18.5 Å². The zero-order valence-corrected chi connectivity index (χ0v) is 15.0. The maximum atomic E-state index is 11.6. The summed E-state index contributed by atoms with van der Waals surface area (Å²) < 4.78 is 8.45. The molecule has 1 amide bonds. The van der Waals surface area contributed by atoms with Crippen LogP contribution in [0.1, 0.15) is 33.6 Å². The lowest BCUT2D eigenvalue weighted by Crippen LogP contribution is -2.58. The van der Waals surface area contributed by atoms with Crippen LogP contribution in [0.25, 0.3) is 11.0 Å². The van der Waals surface area contributed by atoms with Crippen LogP contribution < -0.4 is 4.74 Å². The highest BCUT2D eigenvalue weighted by Crippen LogP contribution is 2.51. The van der Waals surface area contributed by atoms with Crippen LogP contribution in [0.5, 0.6) is 6.01 Å². The highest BCUT2D eigenvalue weighted by atomic mass is 16.5. The van der Waals surface area contributed by atoms with Crippen LogP contribution in [0.3, 0.4) is 0 Å². The van der Waals surface area contributed by atoms with E-state index in [0.717, 1.165) is 30.4 Å². The zero-order valence-electron chi connectivity index (χ0n) is 15.0. The molecule has 2 aromatic rings. The minimum atomic E-state index is -0.838. The summed E-state index contributed by atoms with van der Waals surface area (Å²) in [6.07, 6.45) is 0.927. The largest absolute Gasteiger partial charge is 0.465 e. The zero-order chi connectivity index (χ0) is 17.8. The van der Waals surface area contributed by atoms with Gasteiger partial charge in [0.05, 0.1) is 17.6 Å². The van der Waals surface area contributed by atoms with Gasteiger partial charge in [-0.25, -0.2) is 4.79 Å². The summed E-state index contributed by atoms with van der Waals surface area (Å²) >= 11 is 0. The maximum Gasteiger partial charge on any atom is 0.407 e. The number of imidazole rings is 1. The third-order valence-electron chi connectivity index (χ3n) is 6.12. The first-order chi connectivity index (χ1) is 11.8. The number of hydrogen-bond acceptors (Lipinski definition) is 3. The molecule has 6 heteroatoms. The van der Waals surface area contributed by atoms with E-state index >= 15 is 0 Å². The topological polar surface area (TPSA) is 67.6 Å². The molecule has 4 rings (SSSR count). The number of likely N-dealkylation sites (tertiary alicyclic amines) is 1. The molecule has 2 atom stereocenters. The number of benzene rings is 1. The molecular formula is C19H25N3O3. The number of amides is 1. The number of aromatic nitrogens is 2. The first kappa shape index (κ1) is 16.2. The van der Waals surface area contributed by atoms with Gasteiger partial charge in [-0.15, -0.1) is 0 Å². The Morgan fingerprint density at radius 3 is 2.84 bits per heavy atom. The van der Waals surface area contributed by atoms with Crippen molar-refractivity contribution in [3.8, 4) is 6.01 Å². The second kappa shape index (κ2) is 5.38. The minimum absolute atomic E-state index is 0.0678. The summed E-state index contributed by atoms with van der Waals surface area (Å²) in [6.45, 7) is 8.43. The van der Waals surface area contributed by atoms with Crippen LogP contribution in [0.4, 0.5) is 4.79 Å². The smallest absolute Gasteiger partial charge is 0.407 e. The Morgan fingerprint density at radius 1 is 1.36 bits per heavy atom. The third-order valence-corrected chi connectivity index (χ3v) is 6.12. The van der Waals surface area contributed by atoms with Gasteiger partial charge in [-0.2, -0.15) is 4.98 Å². The van der Waals surface area contributed by atoms with Crippen molar-refractivity contribution in [1.29, 1.82) is 0 Å². The van der Waals surface area contributed by atoms with Gasteiger partial charge in [-0.05, 0) is 30.4 Å². The van der Waals surface area contributed by atoms with Crippen LogP contribution in [-0.2, 0) is 6.54 Å². The molecule has 1 fully saturated rings. The maximum absolute atomic E-state index is 11.6. The third kappa shape index (κ3) is 2.38. The van der Waals surface area contributed by atoms with Gasteiger partial charge in [-0.1, -0.05) is 32.9 Å². The number of carboxylic acid groups (broad SMARTS) is 1. The molecule has 0 radical (unpaired) electrons. The predicted molar refractivity (Wildman–Crippen MR) is 94.9 cm³/mol. The highest BCUT2D eigenvalue weighted by Gasteiger charge is 2.54. The van der Waals surface area contributed by atoms with Gasteiger partial charge < -0.3 is 14.7 Å². The molecule has 6 nitrogen and oxygen atoms in total. The Labute approximate surface area is 147 Å². The van der Waals surface area contributed by atoms with Crippen molar-refractivity contribution in [1.82, 2.24) is 14.5 Å². The highest BCUT2D eigenvalue weighted by molar-refractivity contribution is 5.77. The average Bonchev–Trinajstić information content (AvgIpc) is 3.11. The summed E-state index contributed by atoms with van der Waals surface area (Å²) in [4.78, 5) is 17.8. The first-order valence-electron chi connectivity index (χ1n) is 8.92. The van der Waals surface area contributed by atoms with Gasteiger partial charge in [0.25, 0.3) is 6.01 Å². The van der Waals surface area contributed by atoms with Crippen molar-refractivity contribution < 1.29 is 14.6 Å². The molecular weight excluding hydrogens is 318 g/mol. The molecule has 1 N–H and O–H groups in total. The Morgan fingerprint density at radius 2 is 2.12 bits per heavy atom. The van der Waals surface area contributed by atoms with Crippen LogP contribution >= 0.6 is 0 Å². The number of carbonyl (C=O) groups is 1. The molecule has 2 unspecified atom stereocenters. The van der Waals surface area contributed by atoms with Crippen molar-refractivity contribution in [3.05, 3.63) is 24.3 Å². The number of hydrogen-bond donors (Lipinski definition) is 1. The van der Waals surface area contributed by atoms with E-state index in [9.17, 15) is 9.90 Å². The van der Waals surface area contributed by atoms with E-state index in [1.54, 1.807) is 4.90 Å². The molecule has 2 aliphatic rings. The van der Waals surface area contributed by atoms with Crippen LogP contribution in [0.2, 0.25) is 0 Å². The average molecular weight is 343 g/mol. The van der Waals surface area contributed by atoms with Crippen LogP contribution in [0.15, 0.2) is 24.3 Å². The summed E-state index contributed by atoms with van der Waals surface area (Å²) in [5.41, 5.74) is 1.71. The minimum Gasteiger partial charge on any atom is -0.465 e. The van der Waals surface area contributed by atoms with Crippen LogP contribution in [-0.4, -0.2) is 44.8 Å². The van der Waals surface area contributed by atoms with Crippen molar-refractivity contribution in [2.24, 2.45) is 10.8 Å². The first-order valence-corrected chi connectivity index (χ1v) is 8.92. The van der Waals surface area contributed by atoms with E-state index in [1.807, 2.05) is 18.2 Å². The lowest BCUT2D eigenvalue weighted by atomic mass is 9.59. The van der Waals surface area contributed by atoms with Crippen molar-refractivity contribution in [2.45, 2.75) is 46.3 Å². The second-order valence-electron chi connectivity index (χ2n) is 8.31. The fraction of sp³-hybridized carbons (Fsp3) is 0.579. The number of rotatable bonds is 1. The monoisotopic (exact) mass is 343 g/mol. The van der Waals surface area contributed by atoms with Gasteiger partial charge in [0.1, 0.15) is 6.10 Å². The molecule has 25 heavy (non-hydrogen) atoms. The normalized spacial score (nSPS) is 26.5.